The lowest BCUT2D eigenvalue weighted by Crippen LogP contribution is -2.52. The summed E-state index contributed by atoms with van der Waals surface area (Å²) in [6.45, 7) is 10.8. The zero-order valence-corrected chi connectivity index (χ0v) is 30.7. The molecule has 50 heavy (non-hydrogen) atoms. The first-order chi connectivity index (χ1) is 24.0. The third kappa shape index (κ3) is 6.89. The summed E-state index contributed by atoms with van der Waals surface area (Å²) in [6.07, 6.45) is 17.2. The van der Waals surface area contributed by atoms with E-state index < -0.39 is 0 Å². The Hall–Kier alpha value is -3.88. The van der Waals surface area contributed by atoms with Gasteiger partial charge in [-0.2, -0.15) is 5.10 Å². The molecule has 0 radical (unpaired) electrons. The van der Waals surface area contributed by atoms with Gasteiger partial charge in [0.2, 0.25) is 5.91 Å². The molecular weight excluding hydrogens is 626 g/mol. The minimum absolute atomic E-state index is 0.0657. The predicted molar refractivity (Wildman–Crippen MR) is 195 cm³/mol. The van der Waals surface area contributed by atoms with E-state index in [-0.39, 0.29) is 40.4 Å². The van der Waals surface area contributed by atoms with Crippen LogP contribution in [0, 0.1) is 18.3 Å². The lowest BCUT2D eigenvalue weighted by atomic mass is 9.51. The number of hydrogen-bond donors (Lipinski definition) is 0. The summed E-state index contributed by atoms with van der Waals surface area (Å²) in [5.41, 5.74) is 4.80. The fourth-order valence-corrected chi connectivity index (χ4v) is 9.10. The van der Waals surface area contributed by atoms with Gasteiger partial charge in [0.25, 0.3) is 0 Å². The van der Waals surface area contributed by atoms with Crippen LogP contribution in [-0.4, -0.2) is 64.5 Å². The molecule has 2 aromatic heterocycles. The summed E-state index contributed by atoms with van der Waals surface area (Å²) in [5, 5.41) is 4.64. The second-order valence-corrected chi connectivity index (χ2v) is 16.7. The maximum atomic E-state index is 14.7. The van der Waals surface area contributed by atoms with Gasteiger partial charge in [0.15, 0.2) is 0 Å². The summed E-state index contributed by atoms with van der Waals surface area (Å²) in [7, 11) is 1.74. The quantitative estimate of drug-likeness (QED) is 0.237. The molecule has 5 fully saturated rings. The van der Waals surface area contributed by atoms with Crippen molar-refractivity contribution in [2.75, 3.05) is 31.6 Å². The van der Waals surface area contributed by atoms with Crippen LogP contribution in [0.15, 0.2) is 48.9 Å². The number of carbonyl (C=O) groups excluding carboxylic acids is 2. The Labute approximate surface area is 297 Å². The van der Waals surface area contributed by atoms with E-state index in [1.54, 1.807) is 7.11 Å². The highest BCUT2D eigenvalue weighted by Gasteiger charge is 2.51. The van der Waals surface area contributed by atoms with E-state index in [2.05, 4.69) is 63.3 Å². The number of methoxy groups -OCH3 is 1. The van der Waals surface area contributed by atoms with E-state index in [0.29, 0.717) is 6.54 Å². The van der Waals surface area contributed by atoms with Crippen molar-refractivity contribution in [2.45, 2.75) is 122 Å². The van der Waals surface area contributed by atoms with Crippen molar-refractivity contribution >= 4 is 17.8 Å². The van der Waals surface area contributed by atoms with Gasteiger partial charge in [0.05, 0.1) is 18.8 Å². The molecule has 4 aliphatic carbocycles. The van der Waals surface area contributed by atoms with Crippen LogP contribution in [0.25, 0.3) is 11.1 Å². The van der Waals surface area contributed by atoms with E-state index in [4.69, 9.17) is 14.5 Å². The molecule has 4 saturated carbocycles. The van der Waals surface area contributed by atoms with Gasteiger partial charge in [-0.1, -0.05) is 12.1 Å². The van der Waals surface area contributed by atoms with Crippen molar-refractivity contribution in [1.82, 2.24) is 19.7 Å². The van der Waals surface area contributed by atoms with Gasteiger partial charge < -0.3 is 14.4 Å². The smallest absolute Gasteiger partial charge is 0.410 e. The number of pyridine rings is 1. The third-order valence-corrected chi connectivity index (χ3v) is 12.4. The molecule has 3 aromatic rings. The molecule has 3 heterocycles. The first kappa shape index (κ1) is 34.6. The van der Waals surface area contributed by atoms with Crippen LogP contribution in [0.2, 0.25) is 0 Å². The highest BCUT2D eigenvalue weighted by Crippen LogP contribution is 2.58. The zero-order valence-electron chi connectivity index (χ0n) is 30.7. The maximum Gasteiger partial charge on any atom is 0.410 e. The van der Waals surface area contributed by atoms with E-state index in [9.17, 15) is 9.59 Å². The average molecular weight is 682 g/mol. The molecule has 1 saturated heterocycles. The Morgan fingerprint density at radius 2 is 1.64 bits per heavy atom. The number of carbonyl (C=O) groups is 2. The number of anilines is 1. The van der Waals surface area contributed by atoms with Gasteiger partial charge in [-0.05, 0) is 150 Å². The van der Waals surface area contributed by atoms with Gasteiger partial charge in [0.1, 0.15) is 17.7 Å². The minimum Gasteiger partial charge on any atom is -0.496 e. The van der Waals surface area contributed by atoms with Crippen molar-refractivity contribution in [2.24, 2.45) is 11.3 Å². The number of aromatic nitrogens is 3. The van der Waals surface area contributed by atoms with Crippen molar-refractivity contribution in [3.05, 3.63) is 60.0 Å². The predicted octanol–water partition coefficient (Wildman–Crippen LogP) is 8.43. The van der Waals surface area contributed by atoms with Crippen molar-refractivity contribution in [3.63, 3.8) is 0 Å². The molecule has 1 aliphatic heterocycles. The number of amides is 2. The van der Waals surface area contributed by atoms with Gasteiger partial charge in [0, 0.05) is 43.5 Å². The molecule has 9 heteroatoms. The van der Waals surface area contributed by atoms with Gasteiger partial charge in [-0.15, -0.1) is 0 Å². The van der Waals surface area contributed by atoms with Crippen LogP contribution in [0.1, 0.15) is 109 Å². The molecule has 2 bridgehead atoms. The van der Waals surface area contributed by atoms with E-state index >= 15 is 0 Å². The van der Waals surface area contributed by atoms with Gasteiger partial charge in [-0.3, -0.25) is 14.4 Å². The monoisotopic (exact) mass is 681 g/mol. The molecule has 9 nitrogen and oxygen atoms in total. The normalized spacial score (nSPS) is 26.5. The molecule has 0 spiro atoms. The Morgan fingerprint density at radius 1 is 0.940 bits per heavy atom. The molecular formula is C41H55N5O4. The highest BCUT2D eigenvalue weighted by molar-refractivity contribution is 5.95. The average Bonchev–Trinajstić information content (AvgIpc) is 3.86. The fourth-order valence-electron chi connectivity index (χ4n) is 9.10. The van der Waals surface area contributed by atoms with Crippen molar-refractivity contribution in [3.8, 4) is 16.9 Å². The van der Waals surface area contributed by atoms with Gasteiger partial charge >= 0.3 is 6.09 Å². The second-order valence-electron chi connectivity index (χ2n) is 16.7. The Bertz CT molecular complexity index is 1670. The van der Waals surface area contributed by atoms with E-state index in [1.165, 1.54) is 11.1 Å². The van der Waals surface area contributed by atoms with Crippen LogP contribution >= 0.6 is 0 Å². The molecule has 1 aromatic carbocycles. The van der Waals surface area contributed by atoms with Crippen molar-refractivity contribution in [1.29, 1.82) is 0 Å². The Balaban J connectivity index is 1.11. The summed E-state index contributed by atoms with van der Waals surface area (Å²) < 4.78 is 13.4. The number of rotatable bonds is 8. The number of nitrogens with zero attached hydrogens (tertiary/aromatic N) is 5. The maximum absolute atomic E-state index is 14.7. The topological polar surface area (TPSA) is 89.8 Å². The second kappa shape index (κ2) is 13.7. The number of benzene rings is 1. The van der Waals surface area contributed by atoms with Crippen LogP contribution in [-0.2, 0) is 20.5 Å². The molecule has 2 amide bonds. The summed E-state index contributed by atoms with van der Waals surface area (Å²) in [6, 6.07) is 10.8. The lowest BCUT2D eigenvalue weighted by Gasteiger charge is -2.55. The Morgan fingerprint density at radius 3 is 2.26 bits per heavy atom. The molecule has 268 valence electrons. The third-order valence-electron chi connectivity index (χ3n) is 12.4. The van der Waals surface area contributed by atoms with Crippen LogP contribution < -0.4 is 9.64 Å². The van der Waals surface area contributed by atoms with Crippen LogP contribution in [0.3, 0.4) is 0 Å². The number of aryl methyl sites for hydroxylation is 1. The summed E-state index contributed by atoms with van der Waals surface area (Å²) >= 11 is 0. The number of likely N-dealkylation sites (tertiary alicyclic amines) is 1. The first-order valence-electron chi connectivity index (χ1n) is 18.9. The van der Waals surface area contributed by atoms with Crippen LogP contribution in [0.5, 0.6) is 5.75 Å². The molecule has 8 rings (SSSR count). The Kier molecular flexibility index (Phi) is 9.46. The largest absolute Gasteiger partial charge is 0.496 e. The number of hydrogen-bond acceptors (Lipinski definition) is 6. The van der Waals surface area contributed by atoms with Gasteiger partial charge in [-0.25, -0.2) is 9.78 Å². The van der Waals surface area contributed by atoms with E-state index in [0.717, 1.165) is 113 Å². The molecule has 0 atom stereocenters. The summed E-state index contributed by atoms with van der Waals surface area (Å²) in [4.78, 5) is 36.1. The van der Waals surface area contributed by atoms with E-state index in [1.807, 2.05) is 32.9 Å². The highest BCUT2D eigenvalue weighted by atomic mass is 16.6. The van der Waals surface area contributed by atoms with Crippen LogP contribution in [0.4, 0.5) is 10.6 Å². The molecule has 0 unspecified atom stereocenters. The minimum atomic E-state index is -0.190. The molecule has 5 aliphatic rings. The SMILES string of the molecule is COc1ccc(C23CCC(CN(C(=O)C4CCC(OC(=O)N5CCCC5)CC4)c4cc(-c5cnn(C(C)(C)C)c5)ccn4)(CC2)CC3)cc1C. The fraction of sp³-hybridized carbons (Fsp3) is 0.610. The summed E-state index contributed by atoms with van der Waals surface area (Å²) in [5.74, 6) is 1.71. The first-order valence-corrected chi connectivity index (χ1v) is 18.9. The molecule has 0 N–H and O–H groups in total. The van der Waals surface area contributed by atoms with Crippen molar-refractivity contribution < 1.29 is 19.1 Å². The standard InChI is InChI=1S/C41H55N5O4/c1-29-24-33(10-13-35(29)49-5)41-18-15-40(16-19-41,17-20-41)28-45(36-25-31(14-21-42-36)32-26-43-46(27-32)39(2,3)4)37(47)30-8-11-34(12-9-30)50-38(48)44-22-6-7-23-44/h10,13-14,21,24-27,30,34H,6-9,11-12,15-20,22-23,28H2,1-5H3. The number of ether oxygens (including phenoxy) is 2. The zero-order chi connectivity index (χ0) is 35.1. The number of fused-ring (bicyclic) bond motifs is 3. The lowest BCUT2D eigenvalue weighted by molar-refractivity contribution is -0.124.